The Kier molecular flexibility index (Phi) is 5.38. The van der Waals surface area contributed by atoms with Gasteiger partial charge in [0.25, 0.3) is 5.91 Å². The SMILES string of the molecule is CC(C)Oc1cc(Br)cc(C(=O)NCC(C)(C)N)c1. The second-order valence-electron chi connectivity index (χ2n) is 5.51. The Labute approximate surface area is 122 Å². The van der Waals surface area contributed by atoms with Crippen molar-refractivity contribution in [2.45, 2.75) is 39.3 Å². The van der Waals surface area contributed by atoms with Crippen molar-refractivity contribution in [3.8, 4) is 5.75 Å². The maximum Gasteiger partial charge on any atom is 0.251 e. The van der Waals surface area contributed by atoms with Gasteiger partial charge in [-0.15, -0.1) is 0 Å². The van der Waals surface area contributed by atoms with Crippen molar-refractivity contribution in [3.05, 3.63) is 28.2 Å². The van der Waals surface area contributed by atoms with Crippen molar-refractivity contribution >= 4 is 21.8 Å². The van der Waals surface area contributed by atoms with Crippen molar-refractivity contribution in [1.82, 2.24) is 5.32 Å². The van der Waals surface area contributed by atoms with Crippen LogP contribution >= 0.6 is 15.9 Å². The molecule has 5 heteroatoms. The van der Waals surface area contributed by atoms with Crippen LogP contribution in [0.2, 0.25) is 0 Å². The fourth-order valence-corrected chi connectivity index (χ4v) is 1.92. The summed E-state index contributed by atoms with van der Waals surface area (Å²) in [5.74, 6) is 0.509. The summed E-state index contributed by atoms with van der Waals surface area (Å²) in [7, 11) is 0. The first-order chi connectivity index (χ1) is 8.67. The van der Waals surface area contributed by atoms with E-state index in [1.54, 1.807) is 12.1 Å². The first-order valence-electron chi connectivity index (χ1n) is 6.22. The summed E-state index contributed by atoms with van der Waals surface area (Å²) in [4.78, 5) is 12.0. The Hall–Kier alpha value is -1.07. The highest BCUT2D eigenvalue weighted by atomic mass is 79.9. The molecule has 0 aromatic heterocycles. The van der Waals surface area contributed by atoms with Crippen LogP contribution in [-0.2, 0) is 0 Å². The molecule has 19 heavy (non-hydrogen) atoms. The molecule has 0 atom stereocenters. The first-order valence-corrected chi connectivity index (χ1v) is 7.01. The molecule has 4 nitrogen and oxygen atoms in total. The fourth-order valence-electron chi connectivity index (χ4n) is 1.44. The van der Waals surface area contributed by atoms with Crippen molar-refractivity contribution in [2.24, 2.45) is 5.73 Å². The van der Waals surface area contributed by atoms with Gasteiger partial charge in [-0.1, -0.05) is 15.9 Å². The predicted molar refractivity (Wildman–Crippen MR) is 80.5 cm³/mol. The molecule has 1 aromatic carbocycles. The Morgan fingerprint density at radius 3 is 2.58 bits per heavy atom. The summed E-state index contributed by atoms with van der Waals surface area (Å²) in [6.07, 6.45) is 0.0631. The Balaban J connectivity index is 2.82. The number of nitrogens with one attached hydrogen (secondary N) is 1. The molecule has 106 valence electrons. The quantitative estimate of drug-likeness (QED) is 0.873. The summed E-state index contributed by atoms with van der Waals surface area (Å²) < 4.78 is 6.40. The van der Waals surface area contributed by atoms with E-state index in [1.807, 2.05) is 33.8 Å². The molecular weight excluding hydrogens is 308 g/mol. The van der Waals surface area contributed by atoms with Gasteiger partial charge in [0.15, 0.2) is 0 Å². The maximum atomic E-state index is 12.0. The van der Waals surface area contributed by atoms with Crippen LogP contribution in [0.4, 0.5) is 0 Å². The molecule has 0 saturated carbocycles. The smallest absolute Gasteiger partial charge is 0.251 e. The van der Waals surface area contributed by atoms with E-state index in [4.69, 9.17) is 10.5 Å². The second-order valence-corrected chi connectivity index (χ2v) is 6.43. The summed E-state index contributed by atoms with van der Waals surface area (Å²) in [6.45, 7) is 8.02. The Morgan fingerprint density at radius 2 is 2.05 bits per heavy atom. The van der Waals surface area contributed by atoms with Gasteiger partial charge >= 0.3 is 0 Å². The van der Waals surface area contributed by atoms with E-state index in [0.717, 1.165) is 4.47 Å². The van der Waals surface area contributed by atoms with E-state index in [-0.39, 0.29) is 12.0 Å². The maximum absolute atomic E-state index is 12.0. The van der Waals surface area contributed by atoms with Gasteiger partial charge < -0.3 is 15.8 Å². The zero-order valence-electron chi connectivity index (χ0n) is 11.8. The van der Waals surface area contributed by atoms with Crippen LogP contribution in [0.25, 0.3) is 0 Å². The molecule has 1 amide bonds. The number of hydrogen-bond donors (Lipinski definition) is 2. The molecule has 3 N–H and O–H groups in total. The van der Waals surface area contributed by atoms with Crippen molar-refractivity contribution in [3.63, 3.8) is 0 Å². The molecule has 0 saturated heterocycles. The zero-order valence-corrected chi connectivity index (χ0v) is 13.4. The second kappa shape index (κ2) is 6.39. The minimum absolute atomic E-state index is 0.0631. The molecule has 1 rings (SSSR count). The molecule has 0 aliphatic carbocycles. The lowest BCUT2D eigenvalue weighted by Crippen LogP contribution is -2.45. The topological polar surface area (TPSA) is 64.3 Å². The predicted octanol–water partition coefficient (Wildman–Crippen LogP) is 2.70. The number of ether oxygens (including phenoxy) is 1. The average molecular weight is 329 g/mol. The lowest BCUT2D eigenvalue weighted by atomic mass is 10.1. The molecule has 0 radical (unpaired) electrons. The van der Waals surface area contributed by atoms with Crippen LogP contribution in [0.3, 0.4) is 0 Å². The lowest BCUT2D eigenvalue weighted by molar-refractivity contribution is 0.0945. The average Bonchev–Trinajstić information content (AvgIpc) is 2.23. The summed E-state index contributed by atoms with van der Waals surface area (Å²) >= 11 is 3.38. The fraction of sp³-hybridized carbons (Fsp3) is 0.500. The number of hydrogen-bond acceptors (Lipinski definition) is 3. The number of carbonyl (C=O) groups excluding carboxylic acids is 1. The highest BCUT2D eigenvalue weighted by Crippen LogP contribution is 2.22. The van der Waals surface area contributed by atoms with E-state index in [1.165, 1.54) is 0 Å². The molecule has 0 bridgehead atoms. The number of nitrogens with two attached hydrogens (primary N) is 1. The lowest BCUT2D eigenvalue weighted by Gasteiger charge is -2.19. The molecule has 0 heterocycles. The van der Waals surface area contributed by atoms with Crippen molar-refractivity contribution < 1.29 is 9.53 Å². The standard InChI is InChI=1S/C14H21BrN2O2/c1-9(2)19-12-6-10(5-11(15)7-12)13(18)17-8-14(3,4)16/h5-7,9H,8,16H2,1-4H3,(H,17,18). The Morgan fingerprint density at radius 1 is 1.42 bits per heavy atom. The van der Waals surface area contributed by atoms with Gasteiger partial charge in [-0.25, -0.2) is 0 Å². The molecule has 0 aliphatic heterocycles. The van der Waals surface area contributed by atoms with E-state index >= 15 is 0 Å². The van der Waals surface area contributed by atoms with E-state index in [0.29, 0.717) is 17.9 Å². The van der Waals surface area contributed by atoms with Gasteiger partial charge in [-0.2, -0.15) is 0 Å². The minimum Gasteiger partial charge on any atom is -0.491 e. The highest BCUT2D eigenvalue weighted by Gasteiger charge is 2.14. The van der Waals surface area contributed by atoms with Gasteiger partial charge in [-0.3, -0.25) is 4.79 Å². The summed E-state index contributed by atoms with van der Waals surface area (Å²) in [6, 6.07) is 5.32. The number of halogens is 1. The first kappa shape index (κ1) is 16.0. The van der Waals surface area contributed by atoms with Crippen LogP contribution in [0, 0.1) is 0 Å². The van der Waals surface area contributed by atoms with E-state index in [2.05, 4.69) is 21.2 Å². The largest absolute Gasteiger partial charge is 0.491 e. The molecule has 0 fully saturated rings. The summed E-state index contributed by atoms with van der Waals surface area (Å²) in [5, 5.41) is 2.81. The monoisotopic (exact) mass is 328 g/mol. The van der Waals surface area contributed by atoms with Crippen molar-refractivity contribution in [2.75, 3.05) is 6.54 Å². The third kappa shape index (κ3) is 6.07. The minimum atomic E-state index is -0.432. The normalized spacial score (nSPS) is 11.5. The number of rotatable bonds is 5. The van der Waals surface area contributed by atoms with Crippen LogP contribution < -0.4 is 15.8 Å². The third-order valence-electron chi connectivity index (χ3n) is 2.21. The molecule has 0 unspecified atom stereocenters. The Bertz CT molecular complexity index is 453. The van der Waals surface area contributed by atoms with Crippen LogP contribution in [0.1, 0.15) is 38.1 Å². The molecule has 1 aromatic rings. The number of carbonyl (C=O) groups is 1. The molecular formula is C14H21BrN2O2. The van der Waals surface area contributed by atoms with E-state index in [9.17, 15) is 4.79 Å². The van der Waals surface area contributed by atoms with Gasteiger partial charge in [-0.05, 0) is 45.9 Å². The number of amides is 1. The summed E-state index contributed by atoms with van der Waals surface area (Å²) in [5.41, 5.74) is 5.96. The van der Waals surface area contributed by atoms with Crippen LogP contribution in [0.5, 0.6) is 5.75 Å². The van der Waals surface area contributed by atoms with E-state index < -0.39 is 5.54 Å². The molecule has 0 aliphatic rings. The van der Waals surface area contributed by atoms with Gasteiger partial charge in [0.05, 0.1) is 6.10 Å². The highest BCUT2D eigenvalue weighted by molar-refractivity contribution is 9.10. The number of benzene rings is 1. The van der Waals surface area contributed by atoms with Crippen LogP contribution in [-0.4, -0.2) is 24.1 Å². The van der Waals surface area contributed by atoms with Gasteiger partial charge in [0, 0.05) is 22.1 Å². The molecule has 0 spiro atoms. The third-order valence-corrected chi connectivity index (χ3v) is 2.67. The van der Waals surface area contributed by atoms with Gasteiger partial charge in [0.2, 0.25) is 0 Å². The van der Waals surface area contributed by atoms with Gasteiger partial charge in [0.1, 0.15) is 5.75 Å². The zero-order chi connectivity index (χ0) is 14.6. The van der Waals surface area contributed by atoms with Crippen molar-refractivity contribution in [1.29, 1.82) is 0 Å². The van der Waals surface area contributed by atoms with Crippen LogP contribution in [0.15, 0.2) is 22.7 Å².